The summed E-state index contributed by atoms with van der Waals surface area (Å²) in [4.78, 5) is 11.0. The van der Waals surface area contributed by atoms with Gasteiger partial charge in [-0.1, -0.05) is 6.07 Å². The van der Waals surface area contributed by atoms with Crippen molar-refractivity contribution in [3.63, 3.8) is 0 Å². The summed E-state index contributed by atoms with van der Waals surface area (Å²) in [6.45, 7) is 2.01. The van der Waals surface area contributed by atoms with E-state index < -0.39 is 0 Å². The fourth-order valence-corrected chi connectivity index (χ4v) is 2.58. The lowest BCUT2D eigenvalue weighted by Gasteiger charge is -2.24. The lowest BCUT2D eigenvalue weighted by atomic mass is 9.87. The van der Waals surface area contributed by atoms with Gasteiger partial charge in [0.05, 0.1) is 19.8 Å². The molecule has 0 saturated heterocycles. The van der Waals surface area contributed by atoms with E-state index in [0.29, 0.717) is 17.1 Å². The molecule has 0 spiro atoms. The van der Waals surface area contributed by atoms with Crippen molar-refractivity contribution >= 4 is 6.29 Å². The molecule has 0 aromatic heterocycles. The van der Waals surface area contributed by atoms with E-state index in [2.05, 4.69) is 0 Å². The number of benzene rings is 1. The Hall–Kier alpha value is -1.55. The van der Waals surface area contributed by atoms with Crippen molar-refractivity contribution in [1.29, 1.82) is 0 Å². The second-order valence-electron chi connectivity index (χ2n) is 4.83. The third-order valence-electron chi connectivity index (χ3n) is 3.87. The van der Waals surface area contributed by atoms with Gasteiger partial charge in [0.15, 0.2) is 17.8 Å². The van der Waals surface area contributed by atoms with Gasteiger partial charge in [0.25, 0.3) is 0 Å². The van der Waals surface area contributed by atoms with E-state index in [1.54, 1.807) is 20.3 Å². The van der Waals surface area contributed by atoms with Gasteiger partial charge in [-0.2, -0.15) is 0 Å². The van der Waals surface area contributed by atoms with Crippen molar-refractivity contribution in [3.05, 3.63) is 23.3 Å². The summed E-state index contributed by atoms with van der Waals surface area (Å²) in [6.07, 6.45) is 2.87. The van der Waals surface area contributed by atoms with E-state index in [1.165, 1.54) is 0 Å². The van der Waals surface area contributed by atoms with Crippen LogP contribution in [0.2, 0.25) is 0 Å². The summed E-state index contributed by atoms with van der Waals surface area (Å²) in [7, 11) is 3.13. The van der Waals surface area contributed by atoms with Gasteiger partial charge in [-0.25, -0.2) is 0 Å². The number of carbonyl (C=O) groups is 1. The number of hydrogen-bond donors (Lipinski definition) is 1. The van der Waals surface area contributed by atoms with Crippen molar-refractivity contribution in [2.45, 2.75) is 31.2 Å². The van der Waals surface area contributed by atoms with Crippen LogP contribution < -0.4 is 15.2 Å². The first kappa shape index (κ1) is 12.9. The molecule has 98 valence electrons. The number of ether oxygens (including phenoxy) is 2. The van der Waals surface area contributed by atoms with Crippen LogP contribution in [0.15, 0.2) is 12.1 Å². The minimum Gasteiger partial charge on any atom is -0.493 e. The summed E-state index contributed by atoms with van der Waals surface area (Å²) < 4.78 is 10.8. The molecule has 4 nitrogen and oxygen atoms in total. The van der Waals surface area contributed by atoms with E-state index in [4.69, 9.17) is 15.2 Å². The quantitative estimate of drug-likeness (QED) is 0.809. The summed E-state index contributed by atoms with van der Waals surface area (Å²) in [5.74, 6) is 1.13. The maximum Gasteiger partial charge on any atom is 0.171 e. The molecule has 0 bridgehead atoms. The van der Waals surface area contributed by atoms with Gasteiger partial charge in [0.2, 0.25) is 0 Å². The smallest absolute Gasteiger partial charge is 0.171 e. The maximum absolute atomic E-state index is 11.0. The molecule has 2 rings (SSSR count). The minimum absolute atomic E-state index is 0.0277. The average Bonchev–Trinajstić information content (AvgIpc) is 3.18. The Bertz CT molecular complexity index is 464. The Labute approximate surface area is 107 Å². The number of nitrogens with two attached hydrogens (primary N) is 1. The molecule has 1 aromatic rings. The molecular formula is C14H19NO3. The third-order valence-corrected chi connectivity index (χ3v) is 3.87. The van der Waals surface area contributed by atoms with Crippen LogP contribution in [0.3, 0.4) is 0 Å². The zero-order valence-electron chi connectivity index (χ0n) is 11.0. The molecule has 0 aliphatic heterocycles. The van der Waals surface area contributed by atoms with Gasteiger partial charge >= 0.3 is 0 Å². The fourth-order valence-electron chi connectivity index (χ4n) is 2.58. The lowest BCUT2D eigenvalue weighted by Crippen LogP contribution is -2.32. The molecule has 0 amide bonds. The average molecular weight is 249 g/mol. The molecule has 1 aromatic carbocycles. The Morgan fingerprint density at radius 1 is 1.28 bits per heavy atom. The predicted molar refractivity (Wildman–Crippen MR) is 69.5 cm³/mol. The van der Waals surface area contributed by atoms with Crippen molar-refractivity contribution in [2.24, 2.45) is 5.73 Å². The Morgan fingerprint density at radius 3 is 2.28 bits per heavy atom. The number of methoxy groups -OCH3 is 2. The summed E-state index contributed by atoms with van der Waals surface area (Å²) in [5, 5.41) is 0. The van der Waals surface area contributed by atoms with Gasteiger partial charge in [0, 0.05) is 17.0 Å². The summed E-state index contributed by atoms with van der Waals surface area (Å²) in [5.41, 5.74) is 7.60. The van der Waals surface area contributed by atoms with Crippen molar-refractivity contribution in [3.8, 4) is 11.5 Å². The molecule has 2 N–H and O–H groups in total. The molecule has 1 fully saturated rings. The molecule has 1 saturated carbocycles. The molecule has 0 radical (unpaired) electrons. The Balaban J connectivity index is 2.59. The SMILES string of the molecule is COc1c(C=O)ccc(C2(C(C)N)CC2)c1OC. The van der Waals surface area contributed by atoms with Crippen LogP contribution >= 0.6 is 0 Å². The number of carbonyl (C=O) groups excluding carboxylic acids is 1. The van der Waals surface area contributed by atoms with E-state index in [0.717, 1.165) is 24.7 Å². The fraction of sp³-hybridized carbons (Fsp3) is 0.500. The highest BCUT2D eigenvalue weighted by Crippen LogP contribution is 2.55. The third kappa shape index (κ3) is 1.77. The van der Waals surface area contributed by atoms with E-state index in [1.807, 2.05) is 13.0 Å². The zero-order chi connectivity index (χ0) is 13.3. The first-order valence-electron chi connectivity index (χ1n) is 6.07. The maximum atomic E-state index is 11.0. The zero-order valence-corrected chi connectivity index (χ0v) is 11.0. The minimum atomic E-state index is -0.0277. The second-order valence-corrected chi connectivity index (χ2v) is 4.83. The molecule has 1 unspecified atom stereocenters. The topological polar surface area (TPSA) is 61.5 Å². The molecule has 1 atom stereocenters. The summed E-state index contributed by atoms with van der Waals surface area (Å²) >= 11 is 0. The number of aldehydes is 1. The Morgan fingerprint density at radius 2 is 1.89 bits per heavy atom. The first-order chi connectivity index (χ1) is 8.60. The van der Waals surface area contributed by atoms with E-state index >= 15 is 0 Å². The predicted octanol–water partition coefficient (Wildman–Crippen LogP) is 1.90. The number of rotatable bonds is 5. The van der Waals surface area contributed by atoms with E-state index in [-0.39, 0.29) is 11.5 Å². The largest absolute Gasteiger partial charge is 0.493 e. The van der Waals surface area contributed by atoms with Crippen LogP contribution in [-0.2, 0) is 5.41 Å². The standard InChI is InChI=1S/C14H19NO3/c1-9(15)14(6-7-14)11-5-4-10(8-16)12(17-2)13(11)18-3/h4-5,8-9H,6-7,15H2,1-3H3. The van der Waals surface area contributed by atoms with Gasteiger partial charge in [0.1, 0.15) is 0 Å². The lowest BCUT2D eigenvalue weighted by molar-refractivity contribution is 0.112. The highest BCUT2D eigenvalue weighted by molar-refractivity contribution is 5.82. The van der Waals surface area contributed by atoms with Crippen LogP contribution in [0.25, 0.3) is 0 Å². The van der Waals surface area contributed by atoms with Crippen LogP contribution in [0.1, 0.15) is 35.7 Å². The first-order valence-corrected chi connectivity index (χ1v) is 6.07. The number of hydrogen-bond acceptors (Lipinski definition) is 4. The highest BCUT2D eigenvalue weighted by Gasteiger charge is 2.49. The molecule has 18 heavy (non-hydrogen) atoms. The normalized spacial score (nSPS) is 18.0. The van der Waals surface area contributed by atoms with Gasteiger partial charge < -0.3 is 15.2 Å². The van der Waals surface area contributed by atoms with Crippen molar-refractivity contribution in [2.75, 3.05) is 14.2 Å². The molecular weight excluding hydrogens is 230 g/mol. The summed E-state index contributed by atoms with van der Waals surface area (Å²) in [6, 6.07) is 3.76. The van der Waals surface area contributed by atoms with Crippen LogP contribution in [0.4, 0.5) is 0 Å². The van der Waals surface area contributed by atoms with Crippen LogP contribution in [0.5, 0.6) is 11.5 Å². The molecule has 1 aliphatic rings. The van der Waals surface area contributed by atoms with Crippen LogP contribution in [-0.4, -0.2) is 26.5 Å². The highest BCUT2D eigenvalue weighted by atomic mass is 16.5. The van der Waals surface area contributed by atoms with Crippen molar-refractivity contribution in [1.82, 2.24) is 0 Å². The Kier molecular flexibility index (Phi) is 3.30. The van der Waals surface area contributed by atoms with Gasteiger partial charge in [-0.3, -0.25) is 4.79 Å². The second kappa shape index (κ2) is 4.61. The van der Waals surface area contributed by atoms with Crippen molar-refractivity contribution < 1.29 is 14.3 Å². The van der Waals surface area contributed by atoms with Gasteiger partial charge in [-0.05, 0) is 25.8 Å². The monoisotopic (exact) mass is 249 g/mol. The van der Waals surface area contributed by atoms with Gasteiger partial charge in [-0.15, -0.1) is 0 Å². The molecule has 4 heteroatoms. The molecule has 1 aliphatic carbocycles. The van der Waals surface area contributed by atoms with Crippen LogP contribution in [0, 0.1) is 0 Å². The molecule has 0 heterocycles. The van der Waals surface area contributed by atoms with E-state index in [9.17, 15) is 4.79 Å².